The number of rotatable bonds is 7. The minimum absolute atomic E-state index is 0.0129. The van der Waals surface area contributed by atoms with Crippen LogP contribution < -0.4 is 14.4 Å². The van der Waals surface area contributed by atoms with Crippen molar-refractivity contribution in [3.8, 4) is 17.0 Å². The Hall–Kier alpha value is -3.88. The minimum atomic E-state index is -3.59. The molecule has 2 aromatic heterocycles. The Kier molecular flexibility index (Phi) is 8.07. The number of amides is 1. The summed E-state index contributed by atoms with van der Waals surface area (Å²) in [6.45, 7) is 0. The second-order valence-corrected chi connectivity index (χ2v) is 10.7. The van der Waals surface area contributed by atoms with Gasteiger partial charge < -0.3 is 15.2 Å². The van der Waals surface area contributed by atoms with Crippen LogP contribution in [-0.2, 0) is 10.9 Å². The van der Waals surface area contributed by atoms with Gasteiger partial charge in [0.05, 0.1) is 35.5 Å². The third-order valence-corrected chi connectivity index (χ3v) is 7.85. The van der Waals surface area contributed by atoms with Crippen LogP contribution in [0.3, 0.4) is 0 Å². The summed E-state index contributed by atoms with van der Waals surface area (Å²) >= 11 is 5.97. The summed E-state index contributed by atoms with van der Waals surface area (Å²) in [4.78, 5) is 16.7. The Morgan fingerprint density at radius 1 is 1.15 bits per heavy atom. The second-order valence-electron chi connectivity index (χ2n) is 9.34. The SMILES string of the molecule is COc1ncc(Cl)cc1N(c1ccc(F)c(-c2ccc3c(C(=O)NC4CCCCC4O)n[nH]c3c2F)c1F)[SH](=O)=O. The van der Waals surface area contributed by atoms with E-state index in [-0.39, 0.29) is 33.2 Å². The van der Waals surface area contributed by atoms with E-state index in [4.69, 9.17) is 16.3 Å². The third kappa shape index (κ3) is 5.29. The normalized spacial score (nSPS) is 17.1. The number of thiol groups is 1. The van der Waals surface area contributed by atoms with Crippen molar-refractivity contribution in [2.24, 2.45) is 0 Å². The highest BCUT2D eigenvalue weighted by molar-refractivity contribution is 7.74. The highest BCUT2D eigenvalue weighted by Crippen LogP contribution is 2.40. The highest BCUT2D eigenvalue weighted by Gasteiger charge is 2.29. The number of anilines is 2. The van der Waals surface area contributed by atoms with Gasteiger partial charge in [-0.3, -0.25) is 9.89 Å². The number of ether oxygens (including phenoxy) is 1. The zero-order chi connectivity index (χ0) is 29.4. The molecule has 1 saturated carbocycles. The van der Waals surface area contributed by atoms with Gasteiger partial charge in [-0.1, -0.05) is 30.5 Å². The Morgan fingerprint density at radius 2 is 1.90 bits per heavy atom. The van der Waals surface area contributed by atoms with E-state index in [1.807, 2.05) is 0 Å². The van der Waals surface area contributed by atoms with E-state index in [0.717, 1.165) is 37.1 Å². The predicted octanol–water partition coefficient (Wildman–Crippen LogP) is 4.40. The number of halogens is 4. The van der Waals surface area contributed by atoms with Crippen molar-refractivity contribution in [2.75, 3.05) is 11.4 Å². The van der Waals surface area contributed by atoms with Gasteiger partial charge in [0.2, 0.25) is 16.8 Å². The molecule has 1 fully saturated rings. The number of hydrogen-bond acceptors (Lipinski definition) is 7. The van der Waals surface area contributed by atoms with Crippen molar-refractivity contribution in [1.82, 2.24) is 20.5 Å². The molecule has 15 heteroatoms. The number of nitrogens with one attached hydrogen (secondary N) is 2. The van der Waals surface area contributed by atoms with Crippen molar-refractivity contribution in [3.63, 3.8) is 0 Å². The molecule has 0 bridgehead atoms. The molecule has 0 radical (unpaired) electrons. The quantitative estimate of drug-likeness (QED) is 0.228. The zero-order valence-electron chi connectivity index (χ0n) is 21.3. The molecule has 2 heterocycles. The van der Waals surface area contributed by atoms with Crippen LogP contribution in [0.5, 0.6) is 5.88 Å². The molecule has 41 heavy (non-hydrogen) atoms. The van der Waals surface area contributed by atoms with E-state index >= 15 is 13.2 Å². The van der Waals surface area contributed by atoms with Gasteiger partial charge in [-0.15, -0.1) is 0 Å². The Labute approximate surface area is 238 Å². The van der Waals surface area contributed by atoms with Crippen LogP contribution in [-0.4, -0.2) is 53.9 Å². The van der Waals surface area contributed by atoms with E-state index in [0.29, 0.717) is 17.1 Å². The van der Waals surface area contributed by atoms with E-state index in [9.17, 15) is 18.3 Å². The number of pyridine rings is 1. The average Bonchev–Trinajstić information content (AvgIpc) is 3.38. The number of carbonyl (C=O) groups is 1. The van der Waals surface area contributed by atoms with Crippen LogP contribution in [0.1, 0.15) is 36.2 Å². The summed E-state index contributed by atoms with van der Waals surface area (Å²) < 4.78 is 76.8. The molecule has 1 aliphatic carbocycles. The maximum atomic E-state index is 15.9. The van der Waals surface area contributed by atoms with Gasteiger partial charge in [0.1, 0.15) is 17.0 Å². The summed E-state index contributed by atoms with van der Waals surface area (Å²) in [5.74, 6) is -4.55. The first-order chi connectivity index (χ1) is 19.6. The van der Waals surface area contributed by atoms with Gasteiger partial charge in [0, 0.05) is 17.1 Å². The summed E-state index contributed by atoms with van der Waals surface area (Å²) in [6, 6.07) is 4.67. The van der Waals surface area contributed by atoms with Gasteiger partial charge in [0.15, 0.2) is 17.3 Å². The molecule has 216 valence electrons. The summed E-state index contributed by atoms with van der Waals surface area (Å²) in [5.41, 5.74) is -2.76. The monoisotopic (exact) mass is 609 g/mol. The first-order valence-corrected chi connectivity index (χ1v) is 13.9. The van der Waals surface area contributed by atoms with Crippen LogP contribution in [0.25, 0.3) is 22.0 Å². The lowest BCUT2D eigenvalue weighted by Gasteiger charge is -2.28. The lowest BCUT2D eigenvalue weighted by atomic mass is 9.92. The molecule has 2 aromatic carbocycles. The first kappa shape index (κ1) is 28.6. The lowest BCUT2D eigenvalue weighted by molar-refractivity contribution is 0.0715. The van der Waals surface area contributed by atoms with Gasteiger partial charge in [-0.25, -0.2) is 30.9 Å². The molecule has 1 amide bonds. The number of hydrogen-bond donors (Lipinski definition) is 4. The molecular formula is C26H23ClF3N5O5S. The molecule has 2 unspecified atom stereocenters. The number of carbonyl (C=O) groups excluding carboxylic acids is 1. The Balaban J connectivity index is 1.58. The molecular weight excluding hydrogens is 587 g/mol. The molecule has 2 atom stereocenters. The molecule has 0 saturated heterocycles. The summed E-state index contributed by atoms with van der Waals surface area (Å²) in [6.07, 6.45) is 3.26. The van der Waals surface area contributed by atoms with E-state index < -0.39 is 63.2 Å². The van der Waals surface area contributed by atoms with Crippen LogP contribution in [0.15, 0.2) is 36.5 Å². The van der Waals surface area contributed by atoms with Crippen LogP contribution in [0.2, 0.25) is 5.02 Å². The van der Waals surface area contributed by atoms with Crippen LogP contribution >= 0.6 is 11.6 Å². The largest absolute Gasteiger partial charge is 0.479 e. The van der Waals surface area contributed by atoms with Crippen molar-refractivity contribution < 1.29 is 36.2 Å². The van der Waals surface area contributed by atoms with E-state index in [1.165, 1.54) is 19.4 Å². The molecule has 5 rings (SSSR count). The fourth-order valence-electron chi connectivity index (χ4n) is 4.92. The number of methoxy groups -OCH3 is 1. The number of aliphatic hydroxyl groups is 1. The Bertz CT molecular complexity index is 1730. The number of H-pyrrole nitrogens is 1. The molecule has 0 spiro atoms. The van der Waals surface area contributed by atoms with Crippen molar-refractivity contribution in [2.45, 2.75) is 37.8 Å². The number of nitrogens with zero attached hydrogens (tertiary/aromatic N) is 3. The Morgan fingerprint density at radius 3 is 2.61 bits per heavy atom. The van der Waals surface area contributed by atoms with Gasteiger partial charge >= 0.3 is 0 Å². The van der Waals surface area contributed by atoms with Crippen LogP contribution in [0, 0.1) is 17.5 Å². The maximum absolute atomic E-state index is 15.9. The molecule has 1 aliphatic rings. The predicted molar refractivity (Wildman–Crippen MR) is 145 cm³/mol. The summed E-state index contributed by atoms with van der Waals surface area (Å²) in [7, 11) is -2.38. The van der Waals surface area contributed by atoms with Crippen molar-refractivity contribution in [3.05, 3.63) is 64.7 Å². The molecule has 10 nitrogen and oxygen atoms in total. The zero-order valence-corrected chi connectivity index (χ0v) is 23.0. The fourth-order valence-corrected chi connectivity index (χ4v) is 5.72. The average molecular weight is 610 g/mol. The molecule has 4 aromatic rings. The minimum Gasteiger partial charge on any atom is -0.479 e. The van der Waals surface area contributed by atoms with Gasteiger partial charge in [-0.05, 0) is 37.1 Å². The number of aromatic nitrogens is 3. The smallest absolute Gasteiger partial charge is 0.272 e. The van der Waals surface area contributed by atoms with Crippen molar-refractivity contribution in [1.29, 1.82) is 0 Å². The van der Waals surface area contributed by atoms with Crippen LogP contribution in [0.4, 0.5) is 24.5 Å². The molecule has 3 N–H and O–H groups in total. The highest BCUT2D eigenvalue weighted by atomic mass is 35.5. The number of aliphatic hydroxyl groups excluding tert-OH is 1. The van der Waals surface area contributed by atoms with E-state index in [2.05, 4.69) is 20.5 Å². The van der Waals surface area contributed by atoms with Gasteiger partial charge in [0.25, 0.3) is 5.91 Å². The van der Waals surface area contributed by atoms with E-state index in [1.54, 1.807) is 0 Å². The third-order valence-electron chi connectivity index (χ3n) is 6.89. The fraction of sp³-hybridized carbons (Fsp3) is 0.269. The van der Waals surface area contributed by atoms with Gasteiger partial charge in [-0.2, -0.15) is 5.10 Å². The number of benzene rings is 2. The number of fused-ring (bicyclic) bond motifs is 1. The second kappa shape index (κ2) is 11.5. The topological polar surface area (TPSA) is 138 Å². The molecule has 0 aliphatic heterocycles. The van der Waals surface area contributed by atoms with Crippen molar-refractivity contribution >= 4 is 50.7 Å². The number of aromatic amines is 1. The summed E-state index contributed by atoms with van der Waals surface area (Å²) in [5, 5.41) is 19.2. The maximum Gasteiger partial charge on any atom is 0.272 e. The first-order valence-electron chi connectivity index (χ1n) is 12.4. The lowest BCUT2D eigenvalue weighted by Crippen LogP contribution is -2.45. The standard InChI is InChI=1S/C26H23ClF3N5O5S/c1-40-26-18(10-12(27)11-31-26)35(41(38)39)17-9-8-15(28)20(22(17)30)13-6-7-14-23(21(13)29)33-34-24(14)25(37)32-16-4-2-3-5-19(16)36/h6-11,16,19,36,41H,2-5H2,1H3,(H,32,37)(H,33,34).